The molecule has 16 nitrogen and oxygen atoms in total. The van der Waals surface area contributed by atoms with E-state index in [4.69, 9.17) is 18.5 Å². The molecule has 1 aliphatic carbocycles. The van der Waals surface area contributed by atoms with Crippen molar-refractivity contribution in [3.63, 3.8) is 0 Å². The summed E-state index contributed by atoms with van der Waals surface area (Å²) in [5.41, 5.74) is 0. The summed E-state index contributed by atoms with van der Waals surface area (Å²) in [7, 11) is -5.46. The van der Waals surface area contributed by atoms with E-state index in [9.17, 15) is 59.6 Å². The Bertz CT molecular complexity index is 1430. The Hall–Kier alpha value is -2.08. The number of hydrogen-bond donors (Lipinski definition) is 8. The molecule has 17 heteroatoms. The normalized spacial score (nSPS) is 31.1. The van der Waals surface area contributed by atoms with Gasteiger partial charge >= 0.3 is 19.8 Å². The molecule has 0 aromatic heterocycles. The number of rotatable bonds is 25. The number of fused-ring (bicyclic) bond motifs is 4. The van der Waals surface area contributed by atoms with Crippen LogP contribution in [0.1, 0.15) is 187 Å². The first-order chi connectivity index (χ1) is 31.6. The summed E-state index contributed by atoms with van der Waals surface area (Å²) in [4.78, 5) is 50.1. The van der Waals surface area contributed by atoms with E-state index in [-0.39, 0.29) is 19.3 Å². The molecule has 1 aliphatic heterocycles. The van der Waals surface area contributed by atoms with Gasteiger partial charge in [0.1, 0.15) is 36.8 Å². The van der Waals surface area contributed by atoms with Crippen molar-refractivity contribution in [3.05, 3.63) is 24.3 Å². The molecule has 66 heavy (non-hydrogen) atoms. The molecule has 1 fully saturated rings. The first kappa shape index (κ1) is 60.0. The SMILES string of the molecule is CCCCCCCCCCCCCCCCCCCC(=O)O[C@@H]1COC(=O)CCC/C=C\C[C@H]2C(=O)C[C@@H](O)[C@H](/C=C/[C@@H](O)CCCCC)[C@@H](O)[C@@H](O)[C@@H](OP(=O)(O)OC1)[C@H](O)[C@@H](O)[C@@H]2O. The molecule has 384 valence electrons. The minimum atomic E-state index is -5.46. The van der Waals surface area contributed by atoms with Gasteiger partial charge in [0, 0.05) is 31.1 Å². The molecule has 0 saturated heterocycles. The Labute approximate surface area is 394 Å². The number of hydrogen-bond acceptors (Lipinski definition) is 15. The van der Waals surface area contributed by atoms with E-state index < -0.39 is 112 Å². The third-order valence-electron chi connectivity index (χ3n) is 12.7. The number of phosphoric acid groups is 1. The number of unbranched alkanes of at least 4 members (excludes halogenated alkanes) is 18. The molecule has 0 spiro atoms. The summed E-state index contributed by atoms with van der Waals surface area (Å²) in [6, 6.07) is 0. The summed E-state index contributed by atoms with van der Waals surface area (Å²) < 4.78 is 34.7. The van der Waals surface area contributed by atoms with Gasteiger partial charge in [-0.3, -0.25) is 23.4 Å². The van der Waals surface area contributed by atoms with E-state index in [0.29, 0.717) is 32.1 Å². The largest absolute Gasteiger partial charge is 0.472 e. The highest BCUT2D eigenvalue weighted by Gasteiger charge is 2.49. The van der Waals surface area contributed by atoms with Crippen LogP contribution in [-0.2, 0) is 37.5 Å². The lowest BCUT2D eigenvalue weighted by molar-refractivity contribution is -0.166. The minimum Gasteiger partial charge on any atom is -0.462 e. The van der Waals surface area contributed by atoms with Crippen LogP contribution in [0.3, 0.4) is 0 Å². The van der Waals surface area contributed by atoms with Crippen LogP contribution >= 0.6 is 7.82 Å². The van der Waals surface area contributed by atoms with Gasteiger partial charge in [0.05, 0.1) is 31.0 Å². The fourth-order valence-corrected chi connectivity index (χ4v) is 9.44. The average Bonchev–Trinajstić information content (AvgIpc) is 3.28. The Kier molecular flexibility index (Phi) is 31.9. The lowest BCUT2D eigenvalue weighted by atomic mass is 9.84. The number of ether oxygens (including phenoxy) is 2. The fourth-order valence-electron chi connectivity index (χ4n) is 8.46. The van der Waals surface area contributed by atoms with Crippen molar-refractivity contribution in [2.24, 2.45) is 11.8 Å². The van der Waals surface area contributed by atoms with Gasteiger partial charge in [-0.25, -0.2) is 4.57 Å². The summed E-state index contributed by atoms with van der Waals surface area (Å²) in [5, 5.41) is 78.6. The zero-order chi connectivity index (χ0) is 48.7. The molecule has 2 bridgehead atoms. The van der Waals surface area contributed by atoms with Crippen LogP contribution in [0.25, 0.3) is 0 Å². The van der Waals surface area contributed by atoms with Crippen LogP contribution in [0.4, 0.5) is 0 Å². The third-order valence-corrected chi connectivity index (χ3v) is 13.6. The maximum atomic E-state index is 13.6. The molecule has 0 aromatic carbocycles. The molecule has 8 N–H and O–H groups in total. The first-order valence-corrected chi connectivity index (χ1v) is 26.7. The molecule has 1 heterocycles. The van der Waals surface area contributed by atoms with Crippen molar-refractivity contribution in [3.8, 4) is 0 Å². The van der Waals surface area contributed by atoms with E-state index in [1.165, 1.54) is 95.3 Å². The van der Waals surface area contributed by atoms with Gasteiger partial charge in [0.25, 0.3) is 0 Å². The van der Waals surface area contributed by atoms with E-state index in [0.717, 1.165) is 38.5 Å². The summed E-state index contributed by atoms with van der Waals surface area (Å²) >= 11 is 0. The standard InChI is InChI=1S/C49H87O16P/c1-3-5-7-8-9-10-11-12-13-14-15-16-17-18-19-20-26-30-43(54)64-37-34-62-42(53)29-25-22-21-24-28-38-40(51)33-41(52)39(32-31-36(50)27-23-6-4-2)45(56)47(58)49(48(59)46(57)44(38)55)65-66(60,61)63-35-37/h21,24,31-32,36-39,41,44-50,52,55-59H,3-20,22-23,25-30,33-35H2,1-2H3,(H,60,61)/b24-21-,32-31+/t36-,37+,38-,39-,41+,44+,45+,46-,47+,48+,49+/m0/s1. The van der Waals surface area contributed by atoms with E-state index >= 15 is 0 Å². The van der Waals surface area contributed by atoms with E-state index in [1.54, 1.807) is 6.08 Å². The topological polar surface area (TPSA) is 267 Å². The quantitative estimate of drug-likeness (QED) is 0.0198. The molecule has 0 radical (unpaired) electrons. The van der Waals surface area contributed by atoms with Crippen molar-refractivity contribution in [1.29, 1.82) is 0 Å². The number of esters is 2. The zero-order valence-corrected chi connectivity index (χ0v) is 40.9. The number of cyclic esters (lactones) is 1. The van der Waals surface area contributed by atoms with Gasteiger partial charge in [0.15, 0.2) is 6.10 Å². The highest BCUT2D eigenvalue weighted by molar-refractivity contribution is 7.47. The molecule has 1 saturated carbocycles. The zero-order valence-electron chi connectivity index (χ0n) is 40.0. The predicted octanol–water partition coefficient (Wildman–Crippen LogP) is 6.98. The van der Waals surface area contributed by atoms with Crippen molar-refractivity contribution >= 4 is 25.5 Å². The molecular formula is C49H87O16P. The number of allylic oxidation sites excluding steroid dienone is 2. The predicted molar refractivity (Wildman–Crippen MR) is 250 cm³/mol. The summed E-state index contributed by atoms with van der Waals surface area (Å²) in [6.07, 6.45) is 10.2. The Morgan fingerprint density at radius 2 is 1.29 bits per heavy atom. The van der Waals surface area contributed by atoms with Crippen LogP contribution in [0.15, 0.2) is 24.3 Å². The van der Waals surface area contributed by atoms with E-state index in [1.807, 2.05) is 6.92 Å². The highest BCUT2D eigenvalue weighted by Crippen LogP contribution is 2.47. The lowest BCUT2D eigenvalue weighted by Gasteiger charge is -2.36. The van der Waals surface area contributed by atoms with Crippen LogP contribution in [0, 0.1) is 11.8 Å². The van der Waals surface area contributed by atoms with Crippen molar-refractivity contribution in [2.45, 2.75) is 242 Å². The number of aliphatic hydroxyl groups is 7. The van der Waals surface area contributed by atoms with Gasteiger partial charge in [-0.1, -0.05) is 160 Å². The molecule has 0 aromatic rings. The monoisotopic (exact) mass is 963 g/mol. The van der Waals surface area contributed by atoms with E-state index in [2.05, 4.69) is 6.92 Å². The first-order valence-electron chi connectivity index (χ1n) is 25.2. The summed E-state index contributed by atoms with van der Waals surface area (Å²) in [5.74, 6) is -5.07. The second-order valence-electron chi connectivity index (χ2n) is 18.5. The molecule has 2 rings (SSSR count). The fraction of sp³-hybridized carbons (Fsp3) is 0.857. The van der Waals surface area contributed by atoms with Crippen molar-refractivity contribution in [2.75, 3.05) is 13.2 Å². The lowest BCUT2D eigenvalue weighted by Crippen LogP contribution is -2.55. The number of aliphatic hydroxyl groups excluding tert-OH is 7. The third kappa shape index (κ3) is 25.0. The Balaban J connectivity index is 2.12. The number of phosphoric ester groups is 1. The average molecular weight is 963 g/mol. The Morgan fingerprint density at radius 3 is 1.88 bits per heavy atom. The number of carbonyl (C=O) groups is 3. The molecular weight excluding hydrogens is 875 g/mol. The smallest absolute Gasteiger partial charge is 0.462 e. The van der Waals surface area contributed by atoms with Gasteiger partial charge in [-0.05, 0) is 32.1 Å². The van der Waals surface area contributed by atoms with Crippen LogP contribution in [0.2, 0.25) is 0 Å². The highest BCUT2D eigenvalue weighted by atomic mass is 31.2. The molecule has 12 atom stereocenters. The second kappa shape index (κ2) is 35.1. The summed E-state index contributed by atoms with van der Waals surface area (Å²) in [6.45, 7) is 2.82. The minimum absolute atomic E-state index is 0.0297. The second-order valence-corrected chi connectivity index (χ2v) is 19.9. The van der Waals surface area contributed by atoms with Gasteiger partial charge in [-0.2, -0.15) is 0 Å². The number of Topliss-reactive ketones (excluding diaryl/α,β-unsaturated/α-hetero) is 1. The van der Waals surface area contributed by atoms with Gasteiger partial charge < -0.3 is 50.1 Å². The maximum absolute atomic E-state index is 13.6. The molecule has 1 unspecified atom stereocenters. The number of ketones is 1. The molecule has 0 amide bonds. The van der Waals surface area contributed by atoms with Crippen LogP contribution in [-0.4, -0.2) is 127 Å². The van der Waals surface area contributed by atoms with Crippen molar-refractivity contribution < 1.29 is 78.1 Å². The van der Waals surface area contributed by atoms with Crippen molar-refractivity contribution in [1.82, 2.24) is 0 Å². The number of carbonyl (C=O) groups excluding carboxylic acids is 3. The van der Waals surface area contributed by atoms with Crippen LogP contribution < -0.4 is 0 Å². The maximum Gasteiger partial charge on any atom is 0.472 e. The Morgan fingerprint density at radius 1 is 0.742 bits per heavy atom. The van der Waals surface area contributed by atoms with Gasteiger partial charge in [0.2, 0.25) is 0 Å². The van der Waals surface area contributed by atoms with Gasteiger partial charge in [-0.15, -0.1) is 0 Å². The van der Waals surface area contributed by atoms with Crippen LogP contribution in [0.5, 0.6) is 0 Å². The molecule has 2 aliphatic rings.